The first kappa shape index (κ1) is 23.4. The van der Waals surface area contributed by atoms with Gasteiger partial charge in [-0.2, -0.15) is 5.10 Å². The quantitative estimate of drug-likeness (QED) is 0.489. The van der Waals surface area contributed by atoms with Crippen molar-refractivity contribution < 1.29 is 9.53 Å². The third kappa shape index (κ3) is 6.60. The standard InChI is InChI=1S/C25H31N5O2S/c1-28-12-14-30(15-13-28)16-17-32-24-9-8-20(18-22(24)23-10-11-26-29(23)2)27-25(31)19-33-21-6-4-3-5-7-21/h3-11,18H,12-17,19H2,1-2H3,(H,27,31). The molecule has 1 aliphatic rings. The van der Waals surface area contributed by atoms with Crippen molar-refractivity contribution in [3.63, 3.8) is 0 Å². The molecule has 3 aromatic rings. The van der Waals surface area contributed by atoms with Crippen LogP contribution < -0.4 is 10.1 Å². The molecule has 0 saturated carbocycles. The average Bonchev–Trinajstić information content (AvgIpc) is 3.26. The maximum atomic E-state index is 12.5. The van der Waals surface area contributed by atoms with Gasteiger partial charge in [0.25, 0.3) is 0 Å². The fourth-order valence-electron chi connectivity index (χ4n) is 3.79. The van der Waals surface area contributed by atoms with Crippen molar-refractivity contribution in [3.05, 3.63) is 60.8 Å². The number of benzene rings is 2. The number of carbonyl (C=O) groups is 1. The summed E-state index contributed by atoms with van der Waals surface area (Å²) in [5, 5.41) is 7.32. The van der Waals surface area contributed by atoms with Gasteiger partial charge in [-0.05, 0) is 43.4 Å². The van der Waals surface area contributed by atoms with Crippen LogP contribution in [0.5, 0.6) is 5.75 Å². The average molecular weight is 466 g/mol. The molecule has 174 valence electrons. The number of ether oxygens (including phenoxy) is 1. The Labute approximate surface area is 199 Å². The van der Waals surface area contributed by atoms with E-state index in [9.17, 15) is 4.79 Å². The van der Waals surface area contributed by atoms with Crippen LogP contribution in [0.3, 0.4) is 0 Å². The highest BCUT2D eigenvalue weighted by atomic mass is 32.2. The number of anilines is 1. The van der Waals surface area contributed by atoms with Gasteiger partial charge in [-0.25, -0.2) is 0 Å². The Morgan fingerprint density at radius 3 is 2.58 bits per heavy atom. The van der Waals surface area contributed by atoms with Gasteiger partial charge in [-0.15, -0.1) is 11.8 Å². The molecule has 2 aromatic carbocycles. The first-order valence-corrected chi connectivity index (χ1v) is 12.2. The highest BCUT2D eigenvalue weighted by molar-refractivity contribution is 8.00. The molecule has 8 heteroatoms. The van der Waals surface area contributed by atoms with Crippen molar-refractivity contribution in [3.8, 4) is 17.0 Å². The van der Waals surface area contributed by atoms with E-state index in [4.69, 9.17) is 4.74 Å². The van der Waals surface area contributed by atoms with Crippen LogP contribution in [-0.2, 0) is 11.8 Å². The number of thioether (sulfide) groups is 1. The summed E-state index contributed by atoms with van der Waals surface area (Å²) in [5.74, 6) is 1.11. The zero-order valence-electron chi connectivity index (χ0n) is 19.2. The lowest BCUT2D eigenvalue weighted by Crippen LogP contribution is -2.45. The van der Waals surface area contributed by atoms with Crippen LogP contribution in [0, 0.1) is 0 Å². The molecule has 1 aliphatic heterocycles. The Bertz CT molecular complexity index is 1050. The smallest absolute Gasteiger partial charge is 0.234 e. The zero-order valence-corrected chi connectivity index (χ0v) is 20.1. The number of hydrogen-bond donors (Lipinski definition) is 1. The van der Waals surface area contributed by atoms with Crippen LogP contribution in [0.25, 0.3) is 11.3 Å². The normalized spacial score (nSPS) is 14.8. The van der Waals surface area contributed by atoms with E-state index < -0.39 is 0 Å². The summed E-state index contributed by atoms with van der Waals surface area (Å²) >= 11 is 1.52. The summed E-state index contributed by atoms with van der Waals surface area (Å²) < 4.78 is 8.02. The molecule has 0 aliphatic carbocycles. The van der Waals surface area contributed by atoms with Crippen LogP contribution in [-0.4, -0.2) is 77.6 Å². The third-order valence-corrected chi connectivity index (χ3v) is 6.75. The van der Waals surface area contributed by atoms with Crippen LogP contribution in [0.2, 0.25) is 0 Å². The van der Waals surface area contributed by atoms with Crippen molar-refractivity contribution in [2.45, 2.75) is 4.90 Å². The lowest BCUT2D eigenvalue weighted by atomic mass is 10.1. The number of hydrogen-bond acceptors (Lipinski definition) is 6. The molecule has 33 heavy (non-hydrogen) atoms. The Balaban J connectivity index is 1.40. The maximum Gasteiger partial charge on any atom is 0.234 e. The molecule has 1 aromatic heterocycles. The predicted octanol–water partition coefficient (Wildman–Crippen LogP) is 3.44. The number of nitrogens with zero attached hydrogens (tertiary/aromatic N) is 4. The molecule has 0 bridgehead atoms. The first-order chi connectivity index (χ1) is 16.1. The van der Waals surface area contributed by atoms with E-state index in [1.807, 2.05) is 66.3 Å². The molecule has 0 atom stereocenters. The molecular weight excluding hydrogens is 434 g/mol. The predicted molar refractivity (Wildman–Crippen MR) is 134 cm³/mol. The highest BCUT2D eigenvalue weighted by Crippen LogP contribution is 2.32. The van der Waals surface area contributed by atoms with Gasteiger partial charge >= 0.3 is 0 Å². The van der Waals surface area contributed by atoms with Crippen molar-refractivity contribution in [1.29, 1.82) is 0 Å². The second kappa shape index (κ2) is 11.4. The van der Waals surface area contributed by atoms with Crippen molar-refractivity contribution in [1.82, 2.24) is 19.6 Å². The summed E-state index contributed by atoms with van der Waals surface area (Å²) in [5.41, 5.74) is 2.61. The van der Waals surface area contributed by atoms with Crippen molar-refractivity contribution in [2.75, 3.05) is 57.4 Å². The monoisotopic (exact) mass is 465 g/mol. The number of piperazine rings is 1. The van der Waals surface area contributed by atoms with Gasteiger partial charge in [0.15, 0.2) is 0 Å². The number of aromatic nitrogens is 2. The molecule has 0 spiro atoms. The van der Waals surface area contributed by atoms with Gasteiger partial charge in [0, 0.05) is 62.1 Å². The van der Waals surface area contributed by atoms with E-state index in [-0.39, 0.29) is 5.91 Å². The molecular formula is C25H31N5O2S. The van der Waals surface area contributed by atoms with Crippen LogP contribution in [0.1, 0.15) is 0 Å². The van der Waals surface area contributed by atoms with Crippen molar-refractivity contribution >= 4 is 23.4 Å². The number of rotatable bonds is 9. The lowest BCUT2D eigenvalue weighted by molar-refractivity contribution is -0.113. The Hall–Kier alpha value is -2.81. The summed E-state index contributed by atoms with van der Waals surface area (Å²) in [6.07, 6.45) is 1.77. The van der Waals surface area contributed by atoms with Crippen molar-refractivity contribution in [2.24, 2.45) is 7.05 Å². The SMILES string of the molecule is CN1CCN(CCOc2ccc(NC(=O)CSc3ccccc3)cc2-c2ccnn2C)CC1. The Morgan fingerprint density at radius 1 is 1.06 bits per heavy atom. The van der Waals surface area contributed by atoms with Gasteiger partial charge in [0.05, 0.1) is 11.4 Å². The molecule has 0 unspecified atom stereocenters. The maximum absolute atomic E-state index is 12.5. The second-order valence-electron chi connectivity index (χ2n) is 8.19. The largest absolute Gasteiger partial charge is 0.492 e. The molecule has 7 nitrogen and oxygen atoms in total. The topological polar surface area (TPSA) is 62.6 Å². The Kier molecular flexibility index (Phi) is 8.04. The van der Waals surface area contributed by atoms with E-state index in [0.717, 1.165) is 60.3 Å². The number of amides is 1. The van der Waals surface area contributed by atoms with Crippen LogP contribution in [0.15, 0.2) is 65.7 Å². The van der Waals surface area contributed by atoms with Gasteiger partial charge in [0.1, 0.15) is 12.4 Å². The Morgan fingerprint density at radius 2 is 1.85 bits per heavy atom. The molecule has 2 heterocycles. The number of nitrogens with one attached hydrogen (secondary N) is 1. The number of likely N-dealkylation sites (N-methyl/N-ethyl adjacent to an activating group) is 1. The fraction of sp³-hybridized carbons (Fsp3) is 0.360. The van der Waals surface area contributed by atoms with Crippen LogP contribution >= 0.6 is 11.8 Å². The van der Waals surface area contributed by atoms with E-state index in [2.05, 4.69) is 27.3 Å². The molecule has 1 amide bonds. The molecule has 1 N–H and O–H groups in total. The summed E-state index contributed by atoms with van der Waals surface area (Å²) in [6, 6.07) is 17.7. The van der Waals surface area contributed by atoms with E-state index in [1.54, 1.807) is 6.20 Å². The van der Waals surface area contributed by atoms with Gasteiger partial charge in [0.2, 0.25) is 5.91 Å². The highest BCUT2D eigenvalue weighted by Gasteiger charge is 2.16. The molecule has 1 fully saturated rings. The number of carbonyl (C=O) groups excluding carboxylic acids is 1. The van der Waals surface area contributed by atoms with Gasteiger partial charge in [-0.1, -0.05) is 18.2 Å². The minimum absolute atomic E-state index is 0.0384. The van der Waals surface area contributed by atoms with Gasteiger partial charge < -0.3 is 15.0 Å². The van der Waals surface area contributed by atoms with Crippen LogP contribution in [0.4, 0.5) is 5.69 Å². The molecule has 4 rings (SSSR count). The fourth-order valence-corrected chi connectivity index (χ4v) is 4.51. The van der Waals surface area contributed by atoms with E-state index >= 15 is 0 Å². The number of aryl methyl sites for hydroxylation is 1. The molecule has 0 radical (unpaired) electrons. The van der Waals surface area contributed by atoms with Gasteiger partial charge in [-0.3, -0.25) is 14.4 Å². The van der Waals surface area contributed by atoms with E-state index in [1.165, 1.54) is 11.8 Å². The summed E-state index contributed by atoms with van der Waals surface area (Å²) in [7, 11) is 4.07. The summed E-state index contributed by atoms with van der Waals surface area (Å²) in [4.78, 5) is 18.4. The second-order valence-corrected chi connectivity index (χ2v) is 9.24. The lowest BCUT2D eigenvalue weighted by Gasteiger charge is -2.32. The minimum atomic E-state index is -0.0384. The van der Waals surface area contributed by atoms with E-state index in [0.29, 0.717) is 12.4 Å². The summed E-state index contributed by atoms with van der Waals surface area (Å²) in [6.45, 7) is 5.84. The molecule has 1 saturated heterocycles. The minimum Gasteiger partial charge on any atom is -0.492 e. The first-order valence-electron chi connectivity index (χ1n) is 11.2. The third-order valence-electron chi connectivity index (χ3n) is 5.73. The zero-order chi connectivity index (χ0) is 23.0.